The molecule has 2 aromatic rings. The van der Waals surface area contributed by atoms with Crippen molar-refractivity contribution in [2.24, 2.45) is 0 Å². The molecular weight excluding hydrogens is 392 g/mol. The van der Waals surface area contributed by atoms with Crippen molar-refractivity contribution in [1.29, 1.82) is 0 Å². The Morgan fingerprint density at radius 3 is 2.31 bits per heavy atom. The average Bonchev–Trinajstić information content (AvgIpc) is 2.67. The first kappa shape index (κ1) is 22.7. The minimum Gasteiger partial charge on any atom is -0.492 e. The SMILES string of the molecule is C[C@H](NC(=O)C1(NCCOc2ccccc2)CCC1)c1ccc(C(=O)O)cc1.Cl. The second-order valence-corrected chi connectivity index (χ2v) is 7.15. The number of halogens is 1. The van der Waals surface area contributed by atoms with Gasteiger partial charge in [-0.2, -0.15) is 0 Å². The van der Waals surface area contributed by atoms with E-state index < -0.39 is 11.5 Å². The lowest BCUT2D eigenvalue weighted by Crippen LogP contribution is -2.62. The van der Waals surface area contributed by atoms with Gasteiger partial charge in [0.15, 0.2) is 0 Å². The summed E-state index contributed by atoms with van der Waals surface area (Å²) < 4.78 is 5.69. The van der Waals surface area contributed by atoms with E-state index in [4.69, 9.17) is 9.84 Å². The van der Waals surface area contributed by atoms with Gasteiger partial charge in [-0.1, -0.05) is 30.3 Å². The third-order valence-corrected chi connectivity index (χ3v) is 5.22. The zero-order chi connectivity index (χ0) is 20.0. The molecule has 1 aliphatic rings. The average molecular weight is 419 g/mol. The highest BCUT2D eigenvalue weighted by atomic mass is 35.5. The number of ether oxygens (including phenoxy) is 1. The van der Waals surface area contributed by atoms with Gasteiger partial charge in [0.1, 0.15) is 12.4 Å². The Kier molecular flexibility index (Phi) is 8.05. The Balaban J connectivity index is 0.00000300. The molecule has 1 aliphatic carbocycles. The largest absolute Gasteiger partial charge is 0.492 e. The van der Waals surface area contributed by atoms with Crippen molar-refractivity contribution in [2.75, 3.05) is 13.2 Å². The van der Waals surface area contributed by atoms with Crippen LogP contribution in [0, 0.1) is 0 Å². The molecule has 0 aliphatic heterocycles. The van der Waals surface area contributed by atoms with E-state index in [1.54, 1.807) is 24.3 Å². The summed E-state index contributed by atoms with van der Waals surface area (Å²) in [5.74, 6) is -0.165. The third kappa shape index (κ3) is 5.71. The van der Waals surface area contributed by atoms with Crippen LogP contribution in [0.5, 0.6) is 5.75 Å². The molecule has 0 saturated heterocycles. The van der Waals surface area contributed by atoms with E-state index in [9.17, 15) is 9.59 Å². The van der Waals surface area contributed by atoms with Gasteiger partial charge in [-0.15, -0.1) is 12.4 Å². The normalized spacial score (nSPS) is 15.3. The number of para-hydroxylation sites is 1. The van der Waals surface area contributed by atoms with Crippen molar-refractivity contribution in [3.8, 4) is 5.75 Å². The van der Waals surface area contributed by atoms with Crippen LogP contribution in [0.3, 0.4) is 0 Å². The van der Waals surface area contributed by atoms with Crippen LogP contribution in [0.4, 0.5) is 0 Å². The lowest BCUT2D eigenvalue weighted by atomic mass is 9.75. The number of carboxylic acids is 1. The summed E-state index contributed by atoms with van der Waals surface area (Å²) in [7, 11) is 0. The number of carboxylic acid groups (broad SMARTS) is 1. The highest BCUT2D eigenvalue weighted by Gasteiger charge is 2.43. The molecule has 1 saturated carbocycles. The van der Waals surface area contributed by atoms with Crippen LogP contribution in [-0.2, 0) is 4.79 Å². The number of hydrogen-bond acceptors (Lipinski definition) is 4. The Morgan fingerprint density at radius 1 is 1.10 bits per heavy atom. The number of carbonyl (C=O) groups excluding carboxylic acids is 1. The molecule has 1 fully saturated rings. The van der Waals surface area contributed by atoms with Crippen LogP contribution in [0.25, 0.3) is 0 Å². The maximum atomic E-state index is 12.9. The molecule has 29 heavy (non-hydrogen) atoms. The predicted octanol–water partition coefficient (Wildman–Crippen LogP) is 3.58. The van der Waals surface area contributed by atoms with Crippen LogP contribution >= 0.6 is 12.4 Å². The number of aromatic carboxylic acids is 1. The van der Waals surface area contributed by atoms with Gasteiger partial charge in [0.2, 0.25) is 5.91 Å². The van der Waals surface area contributed by atoms with Gasteiger partial charge in [-0.05, 0) is 56.0 Å². The van der Waals surface area contributed by atoms with E-state index in [0.717, 1.165) is 30.6 Å². The smallest absolute Gasteiger partial charge is 0.335 e. The third-order valence-electron chi connectivity index (χ3n) is 5.22. The minimum absolute atomic E-state index is 0. The van der Waals surface area contributed by atoms with Gasteiger partial charge in [0.05, 0.1) is 17.1 Å². The molecule has 7 heteroatoms. The van der Waals surface area contributed by atoms with Gasteiger partial charge < -0.3 is 15.2 Å². The molecule has 3 rings (SSSR count). The zero-order valence-corrected chi connectivity index (χ0v) is 17.2. The van der Waals surface area contributed by atoms with E-state index in [-0.39, 0.29) is 29.9 Å². The van der Waals surface area contributed by atoms with E-state index in [1.165, 1.54) is 0 Å². The van der Waals surface area contributed by atoms with Crippen LogP contribution in [0.15, 0.2) is 54.6 Å². The van der Waals surface area contributed by atoms with Gasteiger partial charge in [-0.3, -0.25) is 10.1 Å². The Labute approximate surface area is 177 Å². The monoisotopic (exact) mass is 418 g/mol. The molecular formula is C22H27ClN2O4. The number of rotatable bonds is 9. The molecule has 156 valence electrons. The molecule has 0 spiro atoms. The van der Waals surface area contributed by atoms with E-state index in [1.807, 2.05) is 37.3 Å². The molecule has 1 amide bonds. The molecule has 6 nitrogen and oxygen atoms in total. The van der Waals surface area contributed by atoms with Crippen LogP contribution in [0.2, 0.25) is 0 Å². The number of hydrogen-bond donors (Lipinski definition) is 3. The van der Waals surface area contributed by atoms with Crippen molar-refractivity contribution in [1.82, 2.24) is 10.6 Å². The maximum Gasteiger partial charge on any atom is 0.335 e. The van der Waals surface area contributed by atoms with Gasteiger partial charge in [0, 0.05) is 6.54 Å². The fourth-order valence-electron chi connectivity index (χ4n) is 3.32. The number of amides is 1. The van der Waals surface area contributed by atoms with E-state index in [2.05, 4.69) is 10.6 Å². The lowest BCUT2D eigenvalue weighted by molar-refractivity contribution is -0.131. The summed E-state index contributed by atoms with van der Waals surface area (Å²) in [4.78, 5) is 23.8. The molecule has 0 radical (unpaired) electrons. The standard InChI is InChI=1S/C22H26N2O4.ClH/c1-16(17-8-10-18(11-9-17)20(25)26)24-21(27)22(12-5-13-22)23-14-15-28-19-6-3-2-4-7-19;/h2-4,6-11,16,23H,5,12-15H2,1H3,(H,24,27)(H,25,26);1H/t16-;/m0./s1. The predicted molar refractivity (Wildman–Crippen MR) is 114 cm³/mol. The second kappa shape index (κ2) is 10.3. The first-order valence-corrected chi connectivity index (χ1v) is 9.57. The molecule has 0 bridgehead atoms. The first-order chi connectivity index (χ1) is 13.5. The summed E-state index contributed by atoms with van der Waals surface area (Å²) in [5.41, 5.74) is 0.563. The van der Waals surface area contributed by atoms with Crippen LogP contribution in [-0.4, -0.2) is 35.7 Å². The Morgan fingerprint density at radius 2 is 1.76 bits per heavy atom. The quantitative estimate of drug-likeness (QED) is 0.542. The summed E-state index contributed by atoms with van der Waals surface area (Å²) in [6.45, 7) is 2.98. The first-order valence-electron chi connectivity index (χ1n) is 9.57. The fourth-order valence-corrected chi connectivity index (χ4v) is 3.32. The van der Waals surface area contributed by atoms with Crippen molar-refractivity contribution in [2.45, 2.75) is 37.8 Å². The number of nitrogens with one attached hydrogen (secondary N) is 2. The zero-order valence-electron chi connectivity index (χ0n) is 16.4. The lowest BCUT2D eigenvalue weighted by Gasteiger charge is -2.41. The molecule has 0 heterocycles. The van der Waals surface area contributed by atoms with Crippen molar-refractivity contribution < 1.29 is 19.4 Å². The maximum absolute atomic E-state index is 12.9. The number of benzene rings is 2. The van der Waals surface area contributed by atoms with Crippen LogP contribution < -0.4 is 15.4 Å². The molecule has 2 aromatic carbocycles. The van der Waals surface area contributed by atoms with Gasteiger partial charge in [0.25, 0.3) is 0 Å². The highest BCUT2D eigenvalue weighted by molar-refractivity contribution is 5.88. The fraction of sp³-hybridized carbons (Fsp3) is 0.364. The van der Waals surface area contributed by atoms with Crippen LogP contribution in [0.1, 0.15) is 48.1 Å². The molecule has 1 atom stereocenters. The molecule has 3 N–H and O–H groups in total. The van der Waals surface area contributed by atoms with E-state index >= 15 is 0 Å². The van der Waals surface area contributed by atoms with Crippen molar-refractivity contribution >= 4 is 24.3 Å². The second-order valence-electron chi connectivity index (χ2n) is 7.15. The Hall–Kier alpha value is -2.57. The van der Waals surface area contributed by atoms with Gasteiger partial charge >= 0.3 is 5.97 Å². The van der Waals surface area contributed by atoms with Crippen molar-refractivity contribution in [3.63, 3.8) is 0 Å². The van der Waals surface area contributed by atoms with Gasteiger partial charge in [-0.25, -0.2) is 4.79 Å². The number of carbonyl (C=O) groups is 2. The molecule has 0 aromatic heterocycles. The Bertz CT molecular complexity index is 807. The summed E-state index contributed by atoms with van der Waals surface area (Å²) in [5, 5.41) is 15.4. The minimum atomic E-state index is -0.960. The van der Waals surface area contributed by atoms with E-state index in [0.29, 0.717) is 13.2 Å². The summed E-state index contributed by atoms with van der Waals surface area (Å²) in [6, 6.07) is 16.0. The van der Waals surface area contributed by atoms with Crippen molar-refractivity contribution in [3.05, 3.63) is 65.7 Å². The highest BCUT2D eigenvalue weighted by Crippen LogP contribution is 2.32. The molecule has 0 unspecified atom stereocenters. The summed E-state index contributed by atoms with van der Waals surface area (Å²) in [6.07, 6.45) is 2.62. The summed E-state index contributed by atoms with van der Waals surface area (Å²) >= 11 is 0. The topological polar surface area (TPSA) is 87.7 Å².